The van der Waals surface area contributed by atoms with Gasteiger partial charge in [0, 0.05) is 19.3 Å². The Morgan fingerprint density at radius 2 is 2.10 bits per heavy atom. The van der Waals surface area contributed by atoms with Crippen LogP contribution in [0.4, 0.5) is 5.69 Å². The van der Waals surface area contributed by atoms with Crippen LogP contribution in [0, 0.1) is 13.8 Å². The molecule has 0 bridgehead atoms. The van der Waals surface area contributed by atoms with Crippen molar-refractivity contribution in [3.8, 4) is 0 Å². The lowest BCUT2D eigenvalue weighted by Crippen LogP contribution is -2.15. The quantitative estimate of drug-likeness (QED) is 0.916. The van der Waals surface area contributed by atoms with Gasteiger partial charge in [-0.2, -0.15) is 5.10 Å². The second-order valence-electron chi connectivity index (χ2n) is 5.94. The molecule has 1 fully saturated rings. The molecule has 21 heavy (non-hydrogen) atoms. The number of aryl methyl sites for hydroxylation is 2. The van der Waals surface area contributed by atoms with Crippen LogP contribution in [0.25, 0.3) is 0 Å². The highest BCUT2D eigenvalue weighted by molar-refractivity contribution is 5.40. The Morgan fingerprint density at radius 3 is 2.81 bits per heavy atom. The predicted octanol–water partition coefficient (Wildman–Crippen LogP) is 3.29. The van der Waals surface area contributed by atoms with Gasteiger partial charge in [0.15, 0.2) is 0 Å². The van der Waals surface area contributed by atoms with Crippen LogP contribution >= 0.6 is 0 Å². The number of aromatic nitrogens is 2. The zero-order valence-corrected chi connectivity index (χ0v) is 12.8. The molecule has 0 radical (unpaired) electrons. The van der Waals surface area contributed by atoms with E-state index in [9.17, 15) is 0 Å². The van der Waals surface area contributed by atoms with Crippen LogP contribution in [-0.2, 0) is 17.8 Å². The van der Waals surface area contributed by atoms with Crippen LogP contribution in [-0.4, -0.2) is 22.5 Å². The number of anilines is 1. The van der Waals surface area contributed by atoms with Crippen LogP contribution in [0.2, 0.25) is 0 Å². The standard InChI is InChI=1S/C17H23N3O/c1-13-6-14(2)8-15(7-13)9-18-16-10-19-20(11-16)12-17-4-3-5-21-17/h6-8,10-11,17-18H,3-5,9,12H2,1-2H3. The second-order valence-corrected chi connectivity index (χ2v) is 5.94. The molecular formula is C17H23N3O. The third-order valence-corrected chi connectivity index (χ3v) is 3.83. The van der Waals surface area contributed by atoms with Gasteiger partial charge in [0.1, 0.15) is 0 Å². The number of ether oxygens (including phenoxy) is 1. The average molecular weight is 285 g/mol. The molecule has 112 valence electrons. The van der Waals surface area contributed by atoms with Gasteiger partial charge in [-0.15, -0.1) is 0 Å². The molecule has 4 nitrogen and oxygen atoms in total. The van der Waals surface area contributed by atoms with Crippen LogP contribution in [0.1, 0.15) is 29.5 Å². The Kier molecular flexibility index (Phi) is 4.25. The summed E-state index contributed by atoms with van der Waals surface area (Å²) >= 11 is 0. The first-order valence-corrected chi connectivity index (χ1v) is 7.64. The van der Waals surface area contributed by atoms with Gasteiger partial charge in [0.2, 0.25) is 0 Å². The number of hydrogen-bond donors (Lipinski definition) is 1. The van der Waals surface area contributed by atoms with E-state index in [1.165, 1.54) is 23.1 Å². The van der Waals surface area contributed by atoms with Gasteiger partial charge in [0.05, 0.1) is 24.5 Å². The summed E-state index contributed by atoms with van der Waals surface area (Å²) in [5, 5.41) is 7.84. The first kappa shape index (κ1) is 14.1. The predicted molar refractivity (Wildman–Crippen MR) is 84.4 cm³/mol. The summed E-state index contributed by atoms with van der Waals surface area (Å²) in [4.78, 5) is 0. The van der Waals surface area contributed by atoms with E-state index in [0.29, 0.717) is 6.10 Å². The average Bonchev–Trinajstić information content (AvgIpc) is 3.08. The largest absolute Gasteiger partial charge is 0.378 e. The summed E-state index contributed by atoms with van der Waals surface area (Å²) in [6.45, 7) is 6.84. The Hall–Kier alpha value is -1.81. The van der Waals surface area contributed by atoms with E-state index in [4.69, 9.17) is 4.74 Å². The summed E-state index contributed by atoms with van der Waals surface area (Å²) in [7, 11) is 0. The van der Waals surface area contributed by atoms with Gasteiger partial charge in [-0.3, -0.25) is 4.68 Å². The van der Waals surface area contributed by atoms with Crippen LogP contribution < -0.4 is 5.32 Å². The van der Waals surface area contributed by atoms with Crippen molar-refractivity contribution in [3.05, 3.63) is 47.3 Å². The highest BCUT2D eigenvalue weighted by Gasteiger charge is 2.16. The van der Waals surface area contributed by atoms with Crippen molar-refractivity contribution in [3.63, 3.8) is 0 Å². The lowest BCUT2D eigenvalue weighted by Gasteiger charge is -2.09. The molecule has 2 aromatic rings. The lowest BCUT2D eigenvalue weighted by atomic mass is 10.1. The molecule has 1 N–H and O–H groups in total. The molecule has 1 aromatic heterocycles. The Bertz CT molecular complexity index is 580. The molecule has 1 unspecified atom stereocenters. The molecular weight excluding hydrogens is 262 g/mol. The molecule has 2 heterocycles. The molecule has 1 saturated heterocycles. The number of benzene rings is 1. The van der Waals surface area contributed by atoms with Crippen LogP contribution in [0.3, 0.4) is 0 Å². The van der Waals surface area contributed by atoms with Gasteiger partial charge in [-0.1, -0.05) is 29.3 Å². The summed E-state index contributed by atoms with van der Waals surface area (Å²) in [6.07, 6.45) is 6.59. The van der Waals surface area contributed by atoms with E-state index in [1.54, 1.807) is 0 Å². The van der Waals surface area contributed by atoms with Crippen molar-refractivity contribution in [1.29, 1.82) is 0 Å². The normalized spacial score (nSPS) is 18.1. The van der Waals surface area contributed by atoms with Crippen molar-refractivity contribution in [2.75, 3.05) is 11.9 Å². The molecule has 1 aromatic carbocycles. The van der Waals surface area contributed by atoms with Crippen molar-refractivity contribution < 1.29 is 4.74 Å². The fraction of sp³-hybridized carbons (Fsp3) is 0.471. The smallest absolute Gasteiger partial charge is 0.0771 e. The van der Waals surface area contributed by atoms with E-state index in [-0.39, 0.29) is 0 Å². The molecule has 1 aliphatic heterocycles. The first-order valence-electron chi connectivity index (χ1n) is 7.64. The summed E-state index contributed by atoms with van der Waals surface area (Å²) in [6, 6.07) is 6.64. The van der Waals surface area contributed by atoms with E-state index in [0.717, 1.165) is 31.8 Å². The van der Waals surface area contributed by atoms with Gasteiger partial charge < -0.3 is 10.1 Å². The number of nitrogens with zero attached hydrogens (tertiary/aromatic N) is 2. The minimum Gasteiger partial charge on any atom is -0.378 e. The summed E-state index contributed by atoms with van der Waals surface area (Å²) in [5.74, 6) is 0. The van der Waals surface area contributed by atoms with Gasteiger partial charge in [-0.05, 0) is 32.3 Å². The third-order valence-electron chi connectivity index (χ3n) is 3.83. The Labute approximate surface area is 126 Å². The molecule has 1 aliphatic rings. The van der Waals surface area contributed by atoms with E-state index in [1.807, 2.05) is 10.9 Å². The van der Waals surface area contributed by atoms with Gasteiger partial charge in [0.25, 0.3) is 0 Å². The maximum absolute atomic E-state index is 5.64. The number of rotatable bonds is 5. The Morgan fingerprint density at radius 1 is 1.29 bits per heavy atom. The van der Waals surface area contributed by atoms with Crippen molar-refractivity contribution in [2.24, 2.45) is 0 Å². The van der Waals surface area contributed by atoms with E-state index < -0.39 is 0 Å². The molecule has 0 spiro atoms. The number of hydrogen-bond acceptors (Lipinski definition) is 3. The van der Waals surface area contributed by atoms with Crippen molar-refractivity contribution in [1.82, 2.24) is 9.78 Å². The lowest BCUT2D eigenvalue weighted by molar-refractivity contribution is 0.0940. The molecule has 0 aliphatic carbocycles. The van der Waals surface area contributed by atoms with Gasteiger partial charge >= 0.3 is 0 Å². The summed E-state index contributed by atoms with van der Waals surface area (Å²) in [5.41, 5.74) is 4.98. The topological polar surface area (TPSA) is 39.1 Å². The molecule has 4 heteroatoms. The Balaban J connectivity index is 1.56. The second kappa shape index (κ2) is 6.31. The third kappa shape index (κ3) is 3.85. The van der Waals surface area contributed by atoms with Crippen LogP contribution in [0.5, 0.6) is 0 Å². The van der Waals surface area contributed by atoms with E-state index >= 15 is 0 Å². The maximum atomic E-state index is 5.64. The van der Waals surface area contributed by atoms with E-state index in [2.05, 4.69) is 48.7 Å². The maximum Gasteiger partial charge on any atom is 0.0771 e. The van der Waals surface area contributed by atoms with Crippen molar-refractivity contribution in [2.45, 2.75) is 45.9 Å². The molecule has 1 atom stereocenters. The van der Waals surface area contributed by atoms with Gasteiger partial charge in [-0.25, -0.2) is 0 Å². The minimum atomic E-state index is 0.331. The zero-order valence-electron chi connectivity index (χ0n) is 12.8. The molecule has 3 rings (SSSR count). The first-order chi connectivity index (χ1) is 10.2. The van der Waals surface area contributed by atoms with Crippen LogP contribution in [0.15, 0.2) is 30.6 Å². The fourth-order valence-corrected chi connectivity index (χ4v) is 2.93. The highest BCUT2D eigenvalue weighted by atomic mass is 16.5. The van der Waals surface area contributed by atoms with Crippen molar-refractivity contribution >= 4 is 5.69 Å². The number of nitrogens with one attached hydrogen (secondary N) is 1. The molecule has 0 amide bonds. The minimum absolute atomic E-state index is 0.331. The molecule has 0 saturated carbocycles. The monoisotopic (exact) mass is 285 g/mol. The summed E-state index contributed by atoms with van der Waals surface area (Å²) < 4.78 is 7.61. The zero-order chi connectivity index (χ0) is 14.7. The highest BCUT2D eigenvalue weighted by Crippen LogP contribution is 2.16. The fourth-order valence-electron chi connectivity index (χ4n) is 2.93. The SMILES string of the molecule is Cc1cc(C)cc(CNc2cnn(CC3CCCO3)c2)c1.